The molecular weight excluding hydrogens is 438 g/mol. The number of methoxy groups -OCH3 is 1. The van der Waals surface area contributed by atoms with Crippen molar-refractivity contribution in [3.8, 4) is 34.3 Å². The zero-order valence-corrected chi connectivity index (χ0v) is 18.9. The number of nitrogens with zero attached hydrogens (tertiary/aromatic N) is 3. The Hall–Kier alpha value is -3.52. The van der Waals surface area contributed by atoms with Crippen LogP contribution in [0.4, 0.5) is 0 Å². The van der Waals surface area contributed by atoms with Crippen LogP contribution in [-0.2, 0) is 13.0 Å². The third-order valence-corrected chi connectivity index (χ3v) is 6.74. The van der Waals surface area contributed by atoms with Crippen LogP contribution in [0.15, 0.2) is 60.1 Å². The number of thioether (sulfide) groups is 1. The van der Waals surface area contributed by atoms with Crippen LogP contribution in [0.5, 0.6) is 23.0 Å². The van der Waals surface area contributed by atoms with E-state index in [9.17, 15) is 0 Å². The lowest BCUT2D eigenvalue weighted by Crippen LogP contribution is -2.40. The molecule has 2 aliphatic rings. The average Bonchev–Trinajstić information content (AvgIpc) is 3.32. The Morgan fingerprint density at radius 2 is 1.94 bits per heavy atom. The minimum Gasteiger partial charge on any atom is -0.493 e. The molecule has 6 rings (SSSR count). The minimum absolute atomic E-state index is 0.283. The number of aromatic nitrogens is 3. The standard InChI is InChI=1S/C25H22N3O4S/c1-29-21-4-3-16-11-20-18-13-23-22(31-15-32-23)12-17(18)5-8-28(20)14-19(16)24(21)30-9-10-33-25-26-6-2-7-27-25/h2-4,6-7,11-14H,5,8-10,15H2,1H3/q+1. The van der Waals surface area contributed by atoms with Gasteiger partial charge in [-0.2, -0.15) is 4.57 Å². The number of ether oxygens (including phenoxy) is 4. The Kier molecular flexibility index (Phi) is 5.14. The van der Waals surface area contributed by atoms with Crippen LogP contribution < -0.4 is 23.5 Å². The van der Waals surface area contributed by atoms with Gasteiger partial charge in [-0.25, -0.2) is 9.97 Å². The number of pyridine rings is 1. The molecule has 0 bridgehead atoms. The first kappa shape index (κ1) is 20.1. The topological polar surface area (TPSA) is 66.6 Å². The van der Waals surface area contributed by atoms with Crippen molar-refractivity contribution in [3.05, 3.63) is 60.6 Å². The van der Waals surface area contributed by atoms with Crippen LogP contribution in [0.2, 0.25) is 0 Å². The second kappa shape index (κ2) is 8.44. The number of hydrogen-bond donors (Lipinski definition) is 0. The van der Waals surface area contributed by atoms with Crippen molar-refractivity contribution in [2.45, 2.75) is 18.1 Å². The Morgan fingerprint density at radius 3 is 2.79 bits per heavy atom. The van der Waals surface area contributed by atoms with Crippen LogP contribution in [0.3, 0.4) is 0 Å². The molecule has 4 heterocycles. The van der Waals surface area contributed by atoms with Gasteiger partial charge in [-0.3, -0.25) is 0 Å². The average molecular weight is 461 g/mol. The Morgan fingerprint density at radius 1 is 1.09 bits per heavy atom. The molecule has 7 nitrogen and oxygen atoms in total. The van der Waals surface area contributed by atoms with E-state index in [1.165, 1.54) is 11.1 Å². The van der Waals surface area contributed by atoms with Gasteiger partial charge >= 0.3 is 0 Å². The summed E-state index contributed by atoms with van der Waals surface area (Å²) in [4.78, 5) is 8.49. The van der Waals surface area contributed by atoms with E-state index in [1.54, 1.807) is 31.3 Å². The molecule has 0 spiro atoms. The number of hydrogen-bond acceptors (Lipinski definition) is 7. The van der Waals surface area contributed by atoms with Crippen molar-refractivity contribution in [3.63, 3.8) is 0 Å². The highest BCUT2D eigenvalue weighted by Gasteiger charge is 2.28. The molecule has 166 valence electrons. The summed E-state index contributed by atoms with van der Waals surface area (Å²) in [5.74, 6) is 3.87. The van der Waals surface area contributed by atoms with Crippen molar-refractivity contribution in [2.24, 2.45) is 0 Å². The van der Waals surface area contributed by atoms with E-state index in [0.717, 1.165) is 63.3 Å². The molecule has 2 aromatic heterocycles. The summed E-state index contributed by atoms with van der Waals surface area (Å²) < 4.78 is 25.3. The normalized spacial score (nSPS) is 13.5. The Bertz CT molecular complexity index is 1350. The lowest BCUT2D eigenvalue weighted by atomic mass is 9.95. The number of fused-ring (bicyclic) bond motifs is 5. The van der Waals surface area contributed by atoms with Gasteiger partial charge in [0.15, 0.2) is 40.9 Å². The molecule has 0 N–H and O–H groups in total. The maximum Gasteiger partial charge on any atom is 0.231 e. The molecule has 4 aromatic rings. The van der Waals surface area contributed by atoms with Gasteiger partial charge in [-0.15, -0.1) is 0 Å². The summed E-state index contributed by atoms with van der Waals surface area (Å²) in [6.07, 6.45) is 6.60. The van der Waals surface area contributed by atoms with Crippen molar-refractivity contribution < 1.29 is 23.5 Å². The monoisotopic (exact) mass is 460 g/mol. The van der Waals surface area contributed by atoms with E-state index in [1.807, 2.05) is 12.1 Å². The minimum atomic E-state index is 0.283. The zero-order valence-electron chi connectivity index (χ0n) is 18.1. The fourth-order valence-corrected chi connectivity index (χ4v) is 4.96. The van der Waals surface area contributed by atoms with Crippen LogP contribution in [0.25, 0.3) is 22.0 Å². The van der Waals surface area contributed by atoms with Crippen LogP contribution in [0, 0.1) is 0 Å². The van der Waals surface area contributed by atoms with Crippen molar-refractivity contribution in [1.29, 1.82) is 0 Å². The van der Waals surface area contributed by atoms with Crippen molar-refractivity contribution in [1.82, 2.24) is 9.97 Å². The lowest BCUT2D eigenvalue weighted by Gasteiger charge is -2.18. The van der Waals surface area contributed by atoms with Crippen molar-refractivity contribution in [2.75, 3.05) is 26.3 Å². The molecule has 0 amide bonds. The molecule has 0 aliphatic carbocycles. The van der Waals surface area contributed by atoms with Gasteiger partial charge in [0.1, 0.15) is 0 Å². The first-order chi connectivity index (χ1) is 16.3. The Labute approximate surface area is 195 Å². The Balaban J connectivity index is 1.33. The largest absolute Gasteiger partial charge is 0.493 e. The fourth-order valence-electron chi connectivity index (χ4n) is 4.34. The maximum absolute atomic E-state index is 6.23. The second-order valence-corrected chi connectivity index (χ2v) is 8.85. The predicted molar refractivity (Wildman–Crippen MR) is 124 cm³/mol. The smallest absolute Gasteiger partial charge is 0.231 e. The van der Waals surface area contributed by atoms with Gasteiger partial charge in [-0.05, 0) is 41.3 Å². The van der Waals surface area contributed by atoms with E-state index in [2.05, 4.69) is 45.0 Å². The third-order valence-electron chi connectivity index (χ3n) is 5.90. The predicted octanol–water partition coefficient (Wildman–Crippen LogP) is 4.05. The molecule has 0 atom stereocenters. The van der Waals surface area contributed by atoms with E-state index < -0.39 is 0 Å². The molecule has 33 heavy (non-hydrogen) atoms. The molecule has 2 aromatic carbocycles. The highest BCUT2D eigenvalue weighted by Crippen LogP contribution is 2.41. The molecule has 0 unspecified atom stereocenters. The summed E-state index contributed by atoms with van der Waals surface area (Å²) >= 11 is 1.57. The highest BCUT2D eigenvalue weighted by atomic mass is 32.2. The van der Waals surface area contributed by atoms with Gasteiger partial charge in [0.05, 0.1) is 24.7 Å². The number of aryl methyl sites for hydroxylation is 2. The maximum atomic E-state index is 6.23. The summed E-state index contributed by atoms with van der Waals surface area (Å²) in [7, 11) is 1.67. The summed E-state index contributed by atoms with van der Waals surface area (Å²) in [5.41, 5.74) is 3.63. The van der Waals surface area contributed by atoms with Gasteiger partial charge in [0, 0.05) is 30.6 Å². The van der Waals surface area contributed by atoms with Crippen molar-refractivity contribution >= 4 is 22.5 Å². The molecule has 0 saturated heterocycles. The van der Waals surface area contributed by atoms with E-state index >= 15 is 0 Å². The molecule has 0 saturated carbocycles. The lowest BCUT2D eigenvalue weighted by molar-refractivity contribution is -0.686. The summed E-state index contributed by atoms with van der Waals surface area (Å²) in [6, 6.07) is 12.3. The molecular formula is C25H22N3O4S+. The summed E-state index contributed by atoms with van der Waals surface area (Å²) in [5, 5.41) is 2.88. The highest BCUT2D eigenvalue weighted by molar-refractivity contribution is 7.99. The first-order valence-electron chi connectivity index (χ1n) is 10.8. The number of benzene rings is 2. The van der Waals surface area contributed by atoms with Gasteiger partial charge in [0.25, 0.3) is 0 Å². The SMILES string of the molecule is COc1ccc2cc3[n+](cc2c1OCCSc1ncccn1)CCc1cc2c(cc1-3)OCO2. The van der Waals surface area contributed by atoms with Crippen LogP contribution >= 0.6 is 11.8 Å². The zero-order chi connectivity index (χ0) is 22.2. The van der Waals surface area contributed by atoms with Gasteiger partial charge < -0.3 is 18.9 Å². The van der Waals surface area contributed by atoms with E-state index in [-0.39, 0.29) is 6.79 Å². The third kappa shape index (κ3) is 3.70. The fraction of sp³-hybridized carbons (Fsp3) is 0.240. The quantitative estimate of drug-likeness (QED) is 0.186. The summed E-state index contributed by atoms with van der Waals surface area (Å²) in [6.45, 7) is 1.69. The molecule has 0 radical (unpaired) electrons. The van der Waals surface area contributed by atoms with E-state index in [4.69, 9.17) is 18.9 Å². The molecule has 0 fully saturated rings. The number of rotatable bonds is 6. The van der Waals surface area contributed by atoms with Crippen LogP contribution in [0.1, 0.15) is 5.56 Å². The van der Waals surface area contributed by atoms with Gasteiger partial charge in [0.2, 0.25) is 12.5 Å². The van der Waals surface area contributed by atoms with E-state index in [0.29, 0.717) is 6.61 Å². The first-order valence-corrected chi connectivity index (χ1v) is 11.8. The van der Waals surface area contributed by atoms with Gasteiger partial charge in [-0.1, -0.05) is 11.8 Å². The van der Waals surface area contributed by atoms with Crippen LogP contribution in [-0.4, -0.2) is 36.2 Å². The second-order valence-electron chi connectivity index (χ2n) is 7.79. The molecule has 8 heteroatoms. The molecule has 2 aliphatic heterocycles.